The van der Waals surface area contributed by atoms with Crippen LogP contribution in [-0.2, 0) is 6.18 Å². The summed E-state index contributed by atoms with van der Waals surface area (Å²) in [5.74, 6) is 0. The molecule has 1 aromatic heterocycles. The lowest BCUT2D eigenvalue weighted by atomic mass is 10.1. The molecule has 0 amide bonds. The monoisotopic (exact) mass is 198 g/mol. The first-order chi connectivity index (χ1) is 6.59. The highest BCUT2D eigenvalue weighted by Gasteiger charge is 2.34. The largest absolute Gasteiger partial charge is 0.435 e. The quantitative estimate of drug-likeness (QED) is 0.650. The van der Waals surface area contributed by atoms with Gasteiger partial charge in [0.15, 0.2) is 5.69 Å². The molecule has 1 heterocycles. The van der Waals surface area contributed by atoms with Gasteiger partial charge in [0.25, 0.3) is 0 Å². The number of halogens is 3. The van der Waals surface area contributed by atoms with Gasteiger partial charge in [0.05, 0.1) is 6.20 Å². The van der Waals surface area contributed by atoms with E-state index in [1.165, 1.54) is 12.3 Å². The Labute approximate surface area is 77.4 Å². The van der Waals surface area contributed by atoms with E-state index in [0.717, 1.165) is 0 Å². The average molecular weight is 198 g/mol. The van der Waals surface area contributed by atoms with Crippen LogP contribution in [0.3, 0.4) is 0 Å². The average Bonchev–Trinajstić information content (AvgIpc) is 2.15. The van der Waals surface area contributed by atoms with Gasteiger partial charge in [-0.15, -0.1) is 5.10 Å². The van der Waals surface area contributed by atoms with Crippen LogP contribution < -0.4 is 0 Å². The van der Waals surface area contributed by atoms with Crippen molar-refractivity contribution in [2.24, 2.45) is 0 Å². The van der Waals surface area contributed by atoms with Gasteiger partial charge in [-0.3, -0.25) is 0 Å². The van der Waals surface area contributed by atoms with Crippen molar-refractivity contribution in [1.29, 1.82) is 0 Å². The van der Waals surface area contributed by atoms with Crippen molar-refractivity contribution < 1.29 is 13.2 Å². The summed E-state index contributed by atoms with van der Waals surface area (Å²) in [7, 11) is 0. The first-order valence-corrected chi connectivity index (χ1v) is 3.86. The van der Waals surface area contributed by atoms with E-state index in [1.807, 2.05) is 0 Å². The Balaban J connectivity index is 2.78. The molecule has 14 heavy (non-hydrogen) atoms. The third-order valence-corrected chi connectivity index (χ3v) is 1.84. The second kappa shape index (κ2) is 2.94. The molecule has 2 aromatic rings. The summed E-state index contributed by atoms with van der Waals surface area (Å²) in [5, 5.41) is 6.93. The lowest BCUT2D eigenvalue weighted by Gasteiger charge is -2.06. The summed E-state index contributed by atoms with van der Waals surface area (Å²) in [6.07, 6.45) is -3.14. The molecule has 0 saturated carbocycles. The molecular weight excluding hydrogens is 193 g/mol. The highest BCUT2D eigenvalue weighted by molar-refractivity contribution is 5.83. The lowest BCUT2D eigenvalue weighted by molar-refractivity contribution is -0.140. The standard InChI is InChI=1S/C9H5F3N2/c10-9(11,12)8-7-4-2-1-3-6(7)5-13-14-8/h1-5H. The topological polar surface area (TPSA) is 25.8 Å². The van der Waals surface area contributed by atoms with Gasteiger partial charge in [0.2, 0.25) is 0 Å². The van der Waals surface area contributed by atoms with Crippen molar-refractivity contribution in [2.75, 3.05) is 0 Å². The van der Waals surface area contributed by atoms with Gasteiger partial charge < -0.3 is 0 Å². The molecule has 0 spiro atoms. The smallest absolute Gasteiger partial charge is 0.164 e. The maximum Gasteiger partial charge on any atom is 0.435 e. The summed E-state index contributed by atoms with van der Waals surface area (Å²) >= 11 is 0. The van der Waals surface area contributed by atoms with Gasteiger partial charge in [-0.25, -0.2) is 0 Å². The molecule has 0 aliphatic carbocycles. The first kappa shape index (κ1) is 8.93. The summed E-state index contributed by atoms with van der Waals surface area (Å²) < 4.78 is 37.2. The first-order valence-electron chi connectivity index (χ1n) is 3.86. The third kappa shape index (κ3) is 1.41. The Morgan fingerprint density at radius 3 is 2.50 bits per heavy atom. The van der Waals surface area contributed by atoms with Crippen molar-refractivity contribution in [3.63, 3.8) is 0 Å². The Hall–Kier alpha value is -1.65. The SMILES string of the molecule is FC(F)(F)c1nncc2ccccc12. The second-order valence-electron chi connectivity index (χ2n) is 2.78. The Kier molecular flexibility index (Phi) is 1.87. The van der Waals surface area contributed by atoms with Gasteiger partial charge in [-0.05, 0) is 0 Å². The molecule has 0 fully saturated rings. The number of benzene rings is 1. The number of hydrogen-bond acceptors (Lipinski definition) is 2. The van der Waals surface area contributed by atoms with E-state index in [1.54, 1.807) is 18.2 Å². The Morgan fingerprint density at radius 2 is 1.79 bits per heavy atom. The van der Waals surface area contributed by atoms with Crippen molar-refractivity contribution >= 4 is 10.8 Å². The fourth-order valence-electron chi connectivity index (χ4n) is 1.24. The summed E-state index contributed by atoms with van der Waals surface area (Å²) in [4.78, 5) is 0. The summed E-state index contributed by atoms with van der Waals surface area (Å²) in [6.45, 7) is 0. The zero-order valence-electron chi connectivity index (χ0n) is 6.92. The van der Waals surface area contributed by atoms with E-state index in [-0.39, 0.29) is 5.39 Å². The van der Waals surface area contributed by atoms with Crippen LogP contribution in [0.15, 0.2) is 30.5 Å². The lowest BCUT2D eigenvalue weighted by Crippen LogP contribution is -2.09. The van der Waals surface area contributed by atoms with Gasteiger partial charge in [-0.2, -0.15) is 18.3 Å². The van der Waals surface area contributed by atoms with Crippen LogP contribution in [0.25, 0.3) is 10.8 Å². The van der Waals surface area contributed by atoms with Crippen LogP contribution in [0.4, 0.5) is 13.2 Å². The minimum absolute atomic E-state index is 0.0787. The van der Waals surface area contributed by atoms with E-state index in [9.17, 15) is 13.2 Å². The molecule has 0 bridgehead atoms. The van der Waals surface area contributed by atoms with Crippen molar-refractivity contribution in [2.45, 2.75) is 6.18 Å². The van der Waals surface area contributed by atoms with Crippen LogP contribution in [0.2, 0.25) is 0 Å². The molecule has 0 aliphatic heterocycles. The summed E-state index contributed by atoms with van der Waals surface area (Å²) in [5.41, 5.74) is -0.935. The van der Waals surface area contributed by atoms with Crippen molar-refractivity contribution in [3.8, 4) is 0 Å². The molecule has 72 valence electrons. The molecule has 0 saturated heterocycles. The van der Waals surface area contributed by atoms with Gasteiger partial charge in [0, 0.05) is 10.8 Å². The number of alkyl halides is 3. The third-order valence-electron chi connectivity index (χ3n) is 1.84. The van der Waals surface area contributed by atoms with E-state index in [0.29, 0.717) is 5.39 Å². The number of fused-ring (bicyclic) bond motifs is 1. The molecule has 0 N–H and O–H groups in total. The highest BCUT2D eigenvalue weighted by Crippen LogP contribution is 2.31. The van der Waals surface area contributed by atoms with E-state index >= 15 is 0 Å². The van der Waals surface area contributed by atoms with Crippen molar-refractivity contribution in [3.05, 3.63) is 36.2 Å². The predicted molar refractivity (Wildman–Crippen MR) is 44.5 cm³/mol. The normalized spacial score (nSPS) is 11.9. The maximum atomic E-state index is 12.4. The molecular formula is C9H5F3N2. The predicted octanol–water partition coefficient (Wildman–Crippen LogP) is 2.65. The van der Waals surface area contributed by atoms with Crippen LogP contribution >= 0.6 is 0 Å². The van der Waals surface area contributed by atoms with E-state index in [2.05, 4.69) is 10.2 Å². The fraction of sp³-hybridized carbons (Fsp3) is 0.111. The van der Waals surface area contributed by atoms with Gasteiger partial charge in [0.1, 0.15) is 0 Å². The minimum atomic E-state index is -4.45. The van der Waals surface area contributed by atoms with Crippen molar-refractivity contribution in [1.82, 2.24) is 10.2 Å². The number of hydrogen-bond donors (Lipinski definition) is 0. The Morgan fingerprint density at radius 1 is 1.07 bits per heavy atom. The van der Waals surface area contributed by atoms with Gasteiger partial charge >= 0.3 is 6.18 Å². The molecule has 0 unspecified atom stereocenters. The molecule has 0 radical (unpaired) electrons. The Bertz CT molecular complexity index is 460. The molecule has 2 rings (SSSR count). The fourth-order valence-corrected chi connectivity index (χ4v) is 1.24. The van der Waals surface area contributed by atoms with E-state index in [4.69, 9.17) is 0 Å². The zero-order valence-corrected chi connectivity index (χ0v) is 6.92. The number of nitrogens with zero attached hydrogens (tertiary/aromatic N) is 2. The van der Waals surface area contributed by atoms with Crippen LogP contribution in [0.1, 0.15) is 5.69 Å². The van der Waals surface area contributed by atoms with Crippen LogP contribution in [0.5, 0.6) is 0 Å². The molecule has 0 aliphatic rings. The van der Waals surface area contributed by atoms with Gasteiger partial charge in [-0.1, -0.05) is 24.3 Å². The van der Waals surface area contributed by atoms with Crippen LogP contribution in [0, 0.1) is 0 Å². The number of rotatable bonds is 0. The molecule has 2 nitrogen and oxygen atoms in total. The van der Waals surface area contributed by atoms with E-state index < -0.39 is 11.9 Å². The minimum Gasteiger partial charge on any atom is -0.164 e. The molecule has 5 heteroatoms. The van der Waals surface area contributed by atoms with Crippen LogP contribution in [-0.4, -0.2) is 10.2 Å². The summed E-state index contributed by atoms with van der Waals surface area (Å²) in [6, 6.07) is 6.15. The second-order valence-corrected chi connectivity index (χ2v) is 2.78. The zero-order chi connectivity index (χ0) is 10.2. The molecule has 1 aromatic carbocycles. The highest BCUT2D eigenvalue weighted by atomic mass is 19.4. The number of aromatic nitrogens is 2. The molecule has 0 atom stereocenters. The maximum absolute atomic E-state index is 12.4.